The van der Waals surface area contributed by atoms with Crippen molar-refractivity contribution in [2.24, 2.45) is 5.92 Å². The number of anilines is 1. The van der Waals surface area contributed by atoms with Crippen LogP contribution in [-0.4, -0.2) is 63.0 Å². The molecule has 0 aliphatic heterocycles. The van der Waals surface area contributed by atoms with E-state index < -0.39 is 40.8 Å². The number of benzene rings is 2. The summed E-state index contributed by atoms with van der Waals surface area (Å²) in [5.41, 5.74) is 2.53. The molecule has 3 aliphatic carbocycles. The third-order valence-electron chi connectivity index (χ3n) is 10.6. The Balaban J connectivity index is 1.12. The summed E-state index contributed by atoms with van der Waals surface area (Å²) in [5, 5.41) is 29.2. The zero-order valence-corrected chi connectivity index (χ0v) is 30.9. The molecule has 0 unspecified atom stereocenters. The van der Waals surface area contributed by atoms with E-state index in [9.17, 15) is 28.2 Å². The Labute approximate surface area is 315 Å². The first-order valence-electron chi connectivity index (χ1n) is 17.9. The van der Waals surface area contributed by atoms with Crippen molar-refractivity contribution in [2.45, 2.75) is 81.9 Å². The molecule has 2 heterocycles. The van der Waals surface area contributed by atoms with Gasteiger partial charge in [-0.05, 0) is 80.7 Å². The van der Waals surface area contributed by atoms with Gasteiger partial charge in [0.1, 0.15) is 11.2 Å². The SMILES string of the molecule is COc1nc(-c2cccc(-c3cccc4c3CC[C@@H]4Nc3nc(OC)c(CNC4(C(=O)O)CC4)nc3C(F)(F)F)c2Cl)ccc1CNCC1CC(C)(O)C1. The third-order valence-corrected chi connectivity index (χ3v) is 11.0. The lowest BCUT2D eigenvalue weighted by Gasteiger charge is -2.41. The van der Waals surface area contributed by atoms with Crippen molar-refractivity contribution < 1.29 is 37.7 Å². The van der Waals surface area contributed by atoms with Crippen LogP contribution in [0.25, 0.3) is 22.4 Å². The second kappa shape index (κ2) is 14.6. The zero-order chi connectivity index (χ0) is 38.4. The molecular weight excluding hydrogens is 725 g/mol. The summed E-state index contributed by atoms with van der Waals surface area (Å²) in [4.78, 5) is 24.5. The minimum Gasteiger partial charge on any atom is -0.481 e. The number of rotatable bonds is 14. The molecule has 2 saturated carbocycles. The number of ether oxygens (including phenoxy) is 2. The van der Waals surface area contributed by atoms with Gasteiger partial charge < -0.3 is 30.3 Å². The fourth-order valence-electron chi connectivity index (χ4n) is 7.71. The average molecular weight is 767 g/mol. The number of aliphatic hydroxyl groups is 1. The third kappa shape index (κ3) is 7.57. The van der Waals surface area contributed by atoms with Crippen molar-refractivity contribution >= 4 is 23.4 Å². The lowest BCUT2D eigenvalue weighted by atomic mass is 9.72. The first-order chi connectivity index (χ1) is 25.7. The monoisotopic (exact) mass is 766 g/mol. The van der Waals surface area contributed by atoms with Crippen LogP contribution in [0.5, 0.6) is 11.8 Å². The number of hydrogen-bond donors (Lipinski definition) is 5. The van der Waals surface area contributed by atoms with E-state index in [0.29, 0.717) is 60.3 Å². The number of aromatic nitrogens is 3. The van der Waals surface area contributed by atoms with Crippen molar-refractivity contribution in [1.29, 1.82) is 0 Å². The second-order valence-corrected chi connectivity index (χ2v) is 15.0. The van der Waals surface area contributed by atoms with Crippen LogP contribution in [0.1, 0.15) is 73.1 Å². The highest BCUT2D eigenvalue weighted by Crippen LogP contribution is 2.45. The molecule has 2 aromatic heterocycles. The number of pyridine rings is 1. The summed E-state index contributed by atoms with van der Waals surface area (Å²) in [6.07, 6.45) is -1.50. The molecule has 2 fully saturated rings. The van der Waals surface area contributed by atoms with Crippen LogP contribution in [-0.2, 0) is 30.5 Å². The van der Waals surface area contributed by atoms with Crippen LogP contribution in [0.3, 0.4) is 0 Å². The van der Waals surface area contributed by atoms with Crippen LogP contribution in [0.4, 0.5) is 19.0 Å². The smallest absolute Gasteiger partial charge is 0.437 e. The molecule has 0 radical (unpaired) electrons. The molecule has 54 heavy (non-hydrogen) atoms. The maximum Gasteiger partial charge on any atom is 0.437 e. The van der Waals surface area contributed by atoms with Gasteiger partial charge in [0, 0.05) is 29.8 Å². The Morgan fingerprint density at radius 2 is 1.67 bits per heavy atom. The van der Waals surface area contributed by atoms with E-state index in [-0.39, 0.29) is 18.1 Å². The number of nitrogens with one attached hydrogen (secondary N) is 3. The molecule has 0 saturated heterocycles. The van der Waals surface area contributed by atoms with Gasteiger partial charge in [-0.1, -0.05) is 54.1 Å². The molecule has 1 atom stereocenters. The van der Waals surface area contributed by atoms with Gasteiger partial charge in [0.15, 0.2) is 11.5 Å². The second-order valence-electron chi connectivity index (χ2n) is 14.7. The fourth-order valence-corrected chi connectivity index (χ4v) is 8.03. The summed E-state index contributed by atoms with van der Waals surface area (Å²) in [5.74, 6) is -0.760. The minimum atomic E-state index is -4.84. The largest absolute Gasteiger partial charge is 0.481 e. The lowest BCUT2D eigenvalue weighted by Crippen LogP contribution is -2.44. The van der Waals surface area contributed by atoms with Gasteiger partial charge in [0.2, 0.25) is 11.8 Å². The minimum absolute atomic E-state index is 0.131. The Hall–Kier alpha value is -4.50. The first kappa shape index (κ1) is 37.8. The Kier molecular flexibility index (Phi) is 10.2. The molecule has 3 aliphatic rings. The number of nitrogens with zero attached hydrogens (tertiary/aromatic N) is 3. The number of carboxylic acid groups (broad SMARTS) is 1. The topological polar surface area (TPSA) is 151 Å². The quantitative estimate of drug-likeness (QED) is 0.0907. The van der Waals surface area contributed by atoms with Gasteiger partial charge in [-0.25, -0.2) is 9.97 Å². The Bertz CT molecular complexity index is 2070. The van der Waals surface area contributed by atoms with Crippen LogP contribution < -0.4 is 25.4 Å². The van der Waals surface area contributed by atoms with Crippen LogP contribution >= 0.6 is 11.6 Å². The zero-order valence-electron chi connectivity index (χ0n) is 30.1. The fraction of sp³-hybridized carbons (Fsp3) is 0.436. The highest BCUT2D eigenvalue weighted by Gasteiger charge is 2.50. The van der Waals surface area contributed by atoms with E-state index in [2.05, 4.69) is 25.9 Å². The number of aliphatic carboxylic acids is 1. The number of carbonyl (C=O) groups is 1. The van der Waals surface area contributed by atoms with E-state index in [4.69, 9.17) is 26.1 Å². The summed E-state index contributed by atoms with van der Waals surface area (Å²) < 4.78 is 54.2. The lowest BCUT2D eigenvalue weighted by molar-refractivity contribution is -0.142. The van der Waals surface area contributed by atoms with E-state index in [1.807, 2.05) is 55.5 Å². The number of hydrogen-bond acceptors (Lipinski definition) is 10. The summed E-state index contributed by atoms with van der Waals surface area (Å²) in [7, 11) is 2.86. The Morgan fingerprint density at radius 1 is 0.963 bits per heavy atom. The van der Waals surface area contributed by atoms with Crippen molar-refractivity contribution in [3.8, 4) is 34.1 Å². The van der Waals surface area contributed by atoms with Crippen molar-refractivity contribution in [1.82, 2.24) is 25.6 Å². The Morgan fingerprint density at radius 3 is 2.33 bits per heavy atom. The van der Waals surface area contributed by atoms with Crippen LogP contribution in [0.15, 0.2) is 48.5 Å². The number of alkyl halides is 3. The highest BCUT2D eigenvalue weighted by molar-refractivity contribution is 6.36. The summed E-state index contributed by atoms with van der Waals surface area (Å²) >= 11 is 7.11. The molecule has 0 amide bonds. The molecule has 4 aromatic rings. The van der Waals surface area contributed by atoms with Crippen molar-refractivity contribution in [3.63, 3.8) is 0 Å². The molecular formula is C39H42ClF3N6O5. The highest BCUT2D eigenvalue weighted by atomic mass is 35.5. The summed E-state index contributed by atoms with van der Waals surface area (Å²) in [6.45, 7) is 2.96. The summed E-state index contributed by atoms with van der Waals surface area (Å²) in [6, 6.07) is 14.7. The predicted molar refractivity (Wildman–Crippen MR) is 196 cm³/mol. The van der Waals surface area contributed by atoms with Gasteiger partial charge in [0.05, 0.1) is 36.6 Å². The molecule has 5 N–H and O–H groups in total. The molecule has 0 bridgehead atoms. The number of fused-ring (bicyclic) bond motifs is 1. The normalized spacial score (nSPS) is 21.3. The number of methoxy groups -OCH3 is 2. The molecule has 15 heteroatoms. The molecule has 0 spiro atoms. The van der Waals surface area contributed by atoms with Gasteiger partial charge in [-0.3, -0.25) is 10.1 Å². The maximum absolute atomic E-state index is 14.4. The maximum atomic E-state index is 14.4. The van der Waals surface area contributed by atoms with Crippen molar-refractivity contribution in [2.75, 3.05) is 26.1 Å². The molecule has 7 rings (SSSR count). The van der Waals surface area contributed by atoms with E-state index in [1.54, 1.807) is 7.11 Å². The van der Waals surface area contributed by atoms with Gasteiger partial charge >= 0.3 is 12.1 Å². The van der Waals surface area contributed by atoms with Gasteiger partial charge in [-0.2, -0.15) is 18.2 Å². The standard InChI is InChI=1S/C39H42ClF3N6O5/c1-37(52)16-21(17-37)18-44-19-22-10-12-29(48-34(22)53-2)27-9-5-8-26(31(27)40)23-6-4-7-25-24(23)11-13-28(25)47-33-32(39(41,42)43)46-30(35(49-33)54-3)20-45-38(14-15-38)36(50)51/h4-10,12,21,28,44-45,52H,11,13-20H2,1-3H3,(H,47,49)(H,50,51)/t21?,28-,37?/m0/s1. The van der Waals surface area contributed by atoms with E-state index in [1.165, 1.54) is 7.11 Å². The molecule has 11 nitrogen and oxygen atoms in total. The van der Waals surface area contributed by atoms with Gasteiger partial charge in [0.25, 0.3) is 0 Å². The van der Waals surface area contributed by atoms with E-state index >= 15 is 0 Å². The number of carboxylic acids is 1. The molecule has 286 valence electrons. The first-order valence-corrected chi connectivity index (χ1v) is 18.2. The molecule has 2 aromatic carbocycles. The van der Waals surface area contributed by atoms with Gasteiger partial charge in [-0.15, -0.1) is 0 Å². The van der Waals surface area contributed by atoms with Crippen LogP contribution in [0, 0.1) is 5.92 Å². The average Bonchev–Trinajstić information content (AvgIpc) is 3.82. The van der Waals surface area contributed by atoms with E-state index in [0.717, 1.165) is 47.2 Å². The predicted octanol–water partition coefficient (Wildman–Crippen LogP) is 6.95. The van der Waals surface area contributed by atoms with Crippen molar-refractivity contribution in [3.05, 3.63) is 81.6 Å². The van der Waals surface area contributed by atoms with Crippen LogP contribution in [0.2, 0.25) is 5.02 Å². The number of halogens is 4.